The van der Waals surface area contributed by atoms with Gasteiger partial charge in [-0.05, 0) is 43.5 Å². The fourth-order valence-corrected chi connectivity index (χ4v) is 3.02. The van der Waals surface area contributed by atoms with Crippen molar-refractivity contribution in [2.24, 2.45) is 0 Å². The van der Waals surface area contributed by atoms with E-state index in [-0.39, 0.29) is 17.9 Å². The lowest BCUT2D eigenvalue weighted by atomic mass is 10.0. The van der Waals surface area contributed by atoms with Gasteiger partial charge in [0, 0.05) is 16.6 Å². The lowest BCUT2D eigenvalue weighted by Gasteiger charge is -2.21. The number of nitrogens with one attached hydrogen (secondary N) is 1. The minimum absolute atomic E-state index is 0.130. The summed E-state index contributed by atoms with van der Waals surface area (Å²) < 4.78 is 14.7. The first-order valence-corrected chi connectivity index (χ1v) is 7.61. The van der Waals surface area contributed by atoms with Gasteiger partial charge in [0.1, 0.15) is 5.82 Å². The van der Waals surface area contributed by atoms with Gasteiger partial charge in [0.15, 0.2) is 0 Å². The van der Waals surface area contributed by atoms with Crippen LogP contribution in [0.15, 0.2) is 53.0 Å². The quantitative estimate of drug-likeness (QED) is 0.821. The molecule has 0 aliphatic carbocycles. The Morgan fingerprint density at radius 2 is 1.70 bits per heavy atom. The molecule has 2 aromatic carbocycles. The molecule has 2 rings (SSSR count). The Kier molecular flexibility index (Phi) is 5.32. The molecule has 0 aliphatic heterocycles. The summed E-state index contributed by atoms with van der Waals surface area (Å²) in [5.74, 6) is -0.130. The molecule has 0 aliphatic rings. The van der Waals surface area contributed by atoms with Crippen molar-refractivity contribution in [3.63, 3.8) is 0 Å². The predicted octanol–water partition coefficient (Wildman–Crippen LogP) is 4.87. The van der Waals surface area contributed by atoms with E-state index in [9.17, 15) is 4.39 Å². The molecule has 0 aromatic heterocycles. The van der Waals surface area contributed by atoms with E-state index >= 15 is 0 Å². The minimum atomic E-state index is -0.130. The molecule has 0 heterocycles. The first-order valence-electron chi connectivity index (χ1n) is 6.82. The molecule has 20 heavy (non-hydrogen) atoms. The van der Waals surface area contributed by atoms with Crippen molar-refractivity contribution in [2.75, 3.05) is 0 Å². The van der Waals surface area contributed by atoms with Crippen LogP contribution in [-0.2, 0) is 6.42 Å². The molecule has 0 amide bonds. The molecule has 2 atom stereocenters. The van der Waals surface area contributed by atoms with Gasteiger partial charge in [-0.25, -0.2) is 4.39 Å². The van der Waals surface area contributed by atoms with Crippen molar-refractivity contribution in [3.8, 4) is 0 Å². The fraction of sp³-hybridized carbons (Fsp3) is 0.294. The van der Waals surface area contributed by atoms with Crippen LogP contribution in [0.25, 0.3) is 0 Å². The number of benzene rings is 2. The van der Waals surface area contributed by atoms with Crippen molar-refractivity contribution in [2.45, 2.75) is 32.4 Å². The monoisotopic (exact) mass is 335 g/mol. The molecule has 106 valence electrons. The topological polar surface area (TPSA) is 12.0 Å². The Hall–Kier alpha value is -1.19. The van der Waals surface area contributed by atoms with Crippen LogP contribution in [0.2, 0.25) is 0 Å². The molecular weight excluding hydrogens is 317 g/mol. The summed E-state index contributed by atoms with van der Waals surface area (Å²) in [4.78, 5) is 0. The van der Waals surface area contributed by atoms with Crippen LogP contribution in [0.1, 0.15) is 31.0 Å². The molecular formula is C17H19BrFN. The van der Waals surface area contributed by atoms with Crippen LogP contribution in [0.4, 0.5) is 4.39 Å². The van der Waals surface area contributed by atoms with E-state index in [0.29, 0.717) is 6.42 Å². The Bertz CT molecular complexity index is 570. The third-order valence-electron chi connectivity index (χ3n) is 3.39. The van der Waals surface area contributed by atoms with Gasteiger partial charge in [0.25, 0.3) is 0 Å². The Labute approximate surface area is 128 Å². The van der Waals surface area contributed by atoms with E-state index in [4.69, 9.17) is 0 Å². The van der Waals surface area contributed by atoms with Gasteiger partial charge in [-0.2, -0.15) is 0 Å². The second kappa shape index (κ2) is 7.00. The molecule has 0 radical (unpaired) electrons. The van der Waals surface area contributed by atoms with Crippen molar-refractivity contribution < 1.29 is 4.39 Å². The van der Waals surface area contributed by atoms with Gasteiger partial charge in [-0.3, -0.25) is 0 Å². The maximum absolute atomic E-state index is 13.6. The first kappa shape index (κ1) is 15.2. The molecule has 0 spiro atoms. The Morgan fingerprint density at radius 1 is 1.05 bits per heavy atom. The molecule has 3 heteroatoms. The van der Waals surface area contributed by atoms with Gasteiger partial charge in [0.05, 0.1) is 0 Å². The van der Waals surface area contributed by atoms with Crippen molar-refractivity contribution in [1.82, 2.24) is 5.32 Å². The van der Waals surface area contributed by atoms with Crippen molar-refractivity contribution in [1.29, 1.82) is 0 Å². The van der Waals surface area contributed by atoms with Crippen LogP contribution >= 0.6 is 15.9 Å². The van der Waals surface area contributed by atoms with Gasteiger partial charge >= 0.3 is 0 Å². The summed E-state index contributed by atoms with van der Waals surface area (Å²) in [5, 5.41) is 3.52. The normalized spacial score (nSPS) is 14.0. The maximum Gasteiger partial charge on any atom is 0.126 e. The zero-order valence-corrected chi connectivity index (χ0v) is 13.3. The van der Waals surface area contributed by atoms with Gasteiger partial charge in [-0.1, -0.05) is 52.3 Å². The highest BCUT2D eigenvalue weighted by Gasteiger charge is 2.13. The molecule has 0 bridgehead atoms. The highest BCUT2D eigenvalue weighted by atomic mass is 79.9. The SMILES string of the molecule is CC(Cc1ccccc1F)NC(C)c1ccccc1Br. The zero-order chi connectivity index (χ0) is 14.5. The second-order valence-electron chi connectivity index (χ2n) is 5.11. The smallest absolute Gasteiger partial charge is 0.126 e. The predicted molar refractivity (Wildman–Crippen MR) is 85.3 cm³/mol. The summed E-state index contributed by atoms with van der Waals surface area (Å²) in [5.41, 5.74) is 1.97. The minimum Gasteiger partial charge on any atom is -0.307 e. The van der Waals surface area contributed by atoms with E-state index < -0.39 is 0 Å². The number of hydrogen-bond acceptors (Lipinski definition) is 1. The van der Waals surface area contributed by atoms with E-state index in [1.165, 1.54) is 11.6 Å². The largest absolute Gasteiger partial charge is 0.307 e. The van der Waals surface area contributed by atoms with Crippen LogP contribution in [-0.4, -0.2) is 6.04 Å². The van der Waals surface area contributed by atoms with E-state index in [2.05, 4.69) is 41.2 Å². The summed E-state index contributed by atoms with van der Waals surface area (Å²) in [6.07, 6.45) is 0.682. The maximum atomic E-state index is 13.6. The summed E-state index contributed by atoms with van der Waals surface area (Å²) >= 11 is 3.57. The number of rotatable bonds is 5. The van der Waals surface area contributed by atoms with Crippen LogP contribution in [0.5, 0.6) is 0 Å². The standard InChI is InChI=1S/C17H19BrFN/c1-12(11-14-7-3-6-10-17(14)19)20-13(2)15-8-4-5-9-16(15)18/h3-10,12-13,20H,11H2,1-2H3. The Balaban J connectivity index is 2.00. The van der Waals surface area contributed by atoms with Crippen LogP contribution < -0.4 is 5.32 Å². The fourth-order valence-electron chi connectivity index (χ4n) is 2.40. The van der Waals surface area contributed by atoms with Gasteiger partial charge < -0.3 is 5.32 Å². The first-order chi connectivity index (χ1) is 9.58. The lowest BCUT2D eigenvalue weighted by molar-refractivity contribution is 0.468. The average Bonchev–Trinajstić information content (AvgIpc) is 2.41. The molecule has 0 saturated carbocycles. The Morgan fingerprint density at radius 3 is 2.40 bits per heavy atom. The third-order valence-corrected chi connectivity index (χ3v) is 4.11. The third kappa shape index (κ3) is 3.90. The highest BCUT2D eigenvalue weighted by molar-refractivity contribution is 9.10. The van der Waals surface area contributed by atoms with Gasteiger partial charge in [0.2, 0.25) is 0 Å². The van der Waals surface area contributed by atoms with E-state index in [1.807, 2.05) is 30.3 Å². The highest BCUT2D eigenvalue weighted by Crippen LogP contribution is 2.23. The molecule has 0 fully saturated rings. The van der Waals surface area contributed by atoms with Crippen LogP contribution in [0.3, 0.4) is 0 Å². The summed E-state index contributed by atoms with van der Waals surface area (Å²) in [7, 11) is 0. The number of halogens is 2. The van der Waals surface area contributed by atoms with Gasteiger partial charge in [-0.15, -0.1) is 0 Å². The number of hydrogen-bond donors (Lipinski definition) is 1. The average molecular weight is 336 g/mol. The van der Waals surface area contributed by atoms with E-state index in [1.54, 1.807) is 6.07 Å². The second-order valence-corrected chi connectivity index (χ2v) is 5.96. The zero-order valence-electron chi connectivity index (χ0n) is 11.7. The summed E-state index contributed by atoms with van der Waals surface area (Å²) in [6.45, 7) is 4.21. The molecule has 2 unspecified atom stereocenters. The van der Waals surface area contributed by atoms with Crippen LogP contribution in [0, 0.1) is 5.82 Å². The van der Waals surface area contributed by atoms with E-state index in [0.717, 1.165) is 10.0 Å². The molecule has 2 aromatic rings. The molecule has 1 N–H and O–H groups in total. The molecule has 0 saturated heterocycles. The van der Waals surface area contributed by atoms with Crippen molar-refractivity contribution in [3.05, 3.63) is 69.9 Å². The summed E-state index contributed by atoms with van der Waals surface area (Å²) in [6, 6.07) is 15.5. The lowest BCUT2D eigenvalue weighted by Crippen LogP contribution is -2.31. The molecule has 1 nitrogen and oxygen atoms in total. The van der Waals surface area contributed by atoms with Crippen molar-refractivity contribution >= 4 is 15.9 Å².